The van der Waals surface area contributed by atoms with Crippen molar-refractivity contribution in [1.29, 1.82) is 0 Å². The minimum Gasteiger partial charge on any atom is -0.341 e. The van der Waals surface area contributed by atoms with Gasteiger partial charge in [0.15, 0.2) is 0 Å². The smallest absolute Gasteiger partial charge is 0.208 e. The average Bonchev–Trinajstić information content (AvgIpc) is 2.88. The van der Waals surface area contributed by atoms with Crippen LogP contribution in [0.4, 0.5) is 0 Å². The molecular weight excluding hydrogens is 236 g/mol. The number of hydrazine groups is 1. The molecular formula is C15H24N4. The molecule has 0 atom stereocenters. The first-order valence-electron chi connectivity index (χ1n) is 7.00. The van der Waals surface area contributed by atoms with Gasteiger partial charge in [0, 0.05) is 13.6 Å². The molecule has 0 amide bonds. The van der Waals surface area contributed by atoms with Crippen molar-refractivity contribution in [2.75, 3.05) is 7.05 Å². The van der Waals surface area contributed by atoms with Gasteiger partial charge < -0.3 is 4.90 Å². The highest BCUT2D eigenvalue weighted by atomic mass is 15.4. The molecule has 0 aromatic heterocycles. The van der Waals surface area contributed by atoms with Crippen molar-refractivity contribution >= 4 is 5.96 Å². The predicted octanol–water partition coefficient (Wildman–Crippen LogP) is 2.19. The van der Waals surface area contributed by atoms with Gasteiger partial charge in [0.25, 0.3) is 0 Å². The minimum absolute atomic E-state index is 0.436. The lowest BCUT2D eigenvalue weighted by molar-refractivity contribution is 0.471. The van der Waals surface area contributed by atoms with Gasteiger partial charge >= 0.3 is 0 Å². The van der Waals surface area contributed by atoms with Crippen LogP contribution in [0.5, 0.6) is 0 Å². The fourth-order valence-corrected chi connectivity index (χ4v) is 2.61. The molecule has 0 heterocycles. The van der Waals surface area contributed by atoms with E-state index in [0.29, 0.717) is 6.04 Å². The number of aliphatic imine (C=N–C) groups is 1. The first-order chi connectivity index (χ1) is 9.19. The lowest BCUT2D eigenvalue weighted by atomic mass is 10.1. The predicted molar refractivity (Wildman–Crippen MR) is 79.7 cm³/mol. The first-order valence-corrected chi connectivity index (χ1v) is 7.00. The van der Waals surface area contributed by atoms with Gasteiger partial charge in [-0.15, -0.1) is 0 Å². The van der Waals surface area contributed by atoms with E-state index in [1.807, 2.05) is 7.05 Å². The molecule has 0 radical (unpaired) electrons. The average molecular weight is 260 g/mol. The van der Waals surface area contributed by atoms with Crippen molar-refractivity contribution in [2.45, 2.75) is 45.2 Å². The van der Waals surface area contributed by atoms with E-state index in [2.05, 4.69) is 41.5 Å². The van der Waals surface area contributed by atoms with Gasteiger partial charge in [-0.3, -0.25) is 5.43 Å². The lowest BCUT2D eigenvalue weighted by Gasteiger charge is -2.22. The van der Waals surface area contributed by atoms with E-state index in [-0.39, 0.29) is 0 Å². The van der Waals surface area contributed by atoms with Crippen LogP contribution in [0.1, 0.15) is 36.8 Å². The van der Waals surface area contributed by atoms with Gasteiger partial charge in [0.2, 0.25) is 5.96 Å². The van der Waals surface area contributed by atoms with E-state index in [1.165, 1.54) is 36.8 Å². The molecule has 0 unspecified atom stereocenters. The van der Waals surface area contributed by atoms with Gasteiger partial charge in [-0.25, -0.2) is 10.8 Å². The topological polar surface area (TPSA) is 53.6 Å². The maximum absolute atomic E-state index is 5.61. The number of guanidine groups is 1. The van der Waals surface area contributed by atoms with Crippen LogP contribution in [0.25, 0.3) is 0 Å². The van der Waals surface area contributed by atoms with E-state index < -0.39 is 0 Å². The Balaban J connectivity index is 2.01. The third-order valence-electron chi connectivity index (χ3n) is 3.62. The van der Waals surface area contributed by atoms with Crippen LogP contribution in [0.2, 0.25) is 0 Å². The summed E-state index contributed by atoms with van der Waals surface area (Å²) in [7, 11) is 2.02. The second-order valence-electron chi connectivity index (χ2n) is 5.38. The standard InChI is InChI=1S/C15H24N4/c1-12-6-5-7-13(10-12)11-19(2)15(18-16)17-14-8-3-4-9-14/h5-7,10,14H,3-4,8-9,11,16H2,1-2H3,(H,17,18). The van der Waals surface area contributed by atoms with E-state index in [0.717, 1.165) is 12.5 Å². The summed E-state index contributed by atoms with van der Waals surface area (Å²) < 4.78 is 0. The zero-order valence-electron chi connectivity index (χ0n) is 11.9. The number of hydrogen-bond donors (Lipinski definition) is 2. The van der Waals surface area contributed by atoms with E-state index in [1.54, 1.807) is 0 Å². The number of nitrogens with two attached hydrogens (primary N) is 1. The SMILES string of the molecule is Cc1cccc(CN(C)C(=NC2CCCC2)NN)c1. The molecule has 1 saturated carbocycles. The van der Waals surface area contributed by atoms with Crippen LogP contribution >= 0.6 is 0 Å². The number of nitrogens with zero attached hydrogens (tertiary/aromatic N) is 2. The molecule has 1 aromatic rings. The van der Waals surface area contributed by atoms with Crippen molar-refractivity contribution in [2.24, 2.45) is 10.8 Å². The third-order valence-corrected chi connectivity index (χ3v) is 3.62. The molecule has 1 aliphatic rings. The fraction of sp³-hybridized carbons (Fsp3) is 0.533. The summed E-state index contributed by atoms with van der Waals surface area (Å²) in [5.74, 6) is 6.40. The van der Waals surface area contributed by atoms with Gasteiger partial charge in [-0.1, -0.05) is 42.7 Å². The number of benzene rings is 1. The summed E-state index contributed by atoms with van der Waals surface area (Å²) >= 11 is 0. The van der Waals surface area contributed by atoms with Crippen LogP contribution in [0, 0.1) is 6.92 Å². The van der Waals surface area contributed by atoms with E-state index in [4.69, 9.17) is 10.8 Å². The highest BCUT2D eigenvalue weighted by Crippen LogP contribution is 2.21. The molecule has 1 aromatic carbocycles. The highest BCUT2D eigenvalue weighted by Gasteiger charge is 2.16. The minimum atomic E-state index is 0.436. The van der Waals surface area contributed by atoms with E-state index in [9.17, 15) is 0 Å². The van der Waals surface area contributed by atoms with Crippen LogP contribution in [0.3, 0.4) is 0 Å². The van der Waals surface area contributed by atoms with Crippen molar-refractivity contribution in [3.05, 3.63) is 35.4 Å². The normalized spacial score (nSPS) is 16.7. The summed E-state index contributed by atoms with van der Waals surface area (Å²) in [5, 5.41) is 0. The molecule has 0 spiro atoms. The molecule has 3 N–H and O–H groups in total. The van der Waals surface area contributed by atoms with Gasteiger partial charge in [-0.05, 0) is 25.3 Å². The second-order valence-corrected chi connectivity index (χ2v) is 5.38. The Morgan fingerprint density at radius 3 is 2.79 bits per heavy atom. The summed E-state index contributed by atoms with van der Waals surface area (Å²) in [6.07, 6.45) is 4.94. The molecule has 19 heavy (non-hydrogen) atoms. The van der Waals surface area contributed by atoms with Crippen LogP contribution < -0.4 is 11.3 Å². The zero-order valence-corrected chi connectivity index (χ0v) is 11.9. The fourth-order valence-electron chi connectivity index (χ4n) is 2.61. The number of aryl methyl sites for hydroxylation is 1. The van der Waals surface area contributed by atoms with Crippen molar-refractivity contribution in [3.63, 3.8) is 0 Å². The Kier molecular flexibility index (Phi) is 4.80. The van der Waals surface area contributed by atoms with E-state index >= 15 is 0 Å². The molecule has 2 rings (SSSR count). The molecule has 0 saturated heterocycles. The molecule has 104 valence electrons. The van der Waals surface area contributed by atoms with Crippen LogP contribution in [0.15, 0.2) is 29.3 Å². The Morgan fingerprint density at radius 1 is 1.42 bits per heavy atom. The Morgan fingerprint density at radius 2 is 2.16 bits per heavy atom. The quantitative estimate of drug-likeness (QED) is 0.379. The molecule has 1 fully saturated rings. The third kappa shape index (κ3) is 3.96. The van der Waals surface area contributed by atoms with Gasteiger partial charge in [0.05, 0.1) is 6.04 Å². The molecule has 0 aliphatic heterocycles. The summed E-state index contributed by atoms with van der Waals surface area (Å²) in [4.78, 5) is 6.80. The molecule has 4 nitrogen and oxygen atoms in total. The summed E-state index contributed by atoms with van der Waals surface area (Å²) in [6.45, 7) is 2.93. The molecule has 4 heteroatoms. The summed E-state index contributed by atoms with van der Waals surface area (Å²) in [6, 6.07) is 8.96. The number of nitrogens with one attached hydrogen (secondary N) is 1. The van der Waals surface area contributed by atoms with Crippen molar-refractivity contribution in [3.8, 4) is 0 Å². The maximum Gasteiger partial charge on any atom is 0.208 e. The largest absolute Gasteiger partial charge is 0.341 e. The number of rotatable bonds is 3. The second kappa shape index (κ2) is 6.57. The Labute approximate surface area is 115 Å². The Bertz CT molecular complexity index is 436. The van der Waals surface area contributed by atoms with Crippen molar-refractivity contribution in [1.82, 2.24) is 10.3 Å². The monoisotopic (exact) mass is 260 g/mol. The number of hydrogen-bond acceptors (Lipinski definition) is 2. The van der Waals surface area contributed by atoms with Crippen LogP contribution in [-0.2, 0) is 6.54 Å². The lowest BCUT2D eigenvalue weighted by Crippen LogP contribution is -2.43. The van der Waals surface area contributed by atoms with Gasteiger partial charge in [0.1, 0.15) is 0 Å². The van der Waals surface area contributed by atoms with Gasteiger partial charge in [-0.2, -0.15) is 0 Å². The zero-order chi connectivity index (χ0) is 13.7. The van der Waals surface area contributed by atoms with Crippen molar-refractivity contribution < 1.29 is 0 Å². The maximum atomic E-state index is 5.61. The molecule has 0 bridgehead atoms. The molecule has 1 aliphatic carbocycles. The summed E-state index contributed by atoms with van der Waals surface area (Å²) in [5.41, 5.74) is 5.29. The highest BCUT2D eigenvalue weighted by molar-refractivity contribution is 5.79. The Hall–Kier alpha value is -1.55. The van der Waals surface area contributed by atoms with Crippen LogP contribution in [-0.4, -0.2) is 23.9 Å². The first kappa shape index (κ1) is 13.9.